The molecule has 3 aromatic rings. The topological polar surface area (TPSA) is 65.0 Å². The summed E-state index contributed by atoms with van der Waals surface area (Å²) in [6, 6.07) is 10.2. The lowest BCUT2D eigenvalue weighted by Crippen LogP contribution is -2.27. The Morgan fingerprint density at radius 3 is 2.23 bits per heavy atom. The van der Waals surface area contributed by atoms with Gasteiger partial charge >= 0.3 is 0 Å². The highest BCUT2D eigenvalue weighted by molar-refractivity contribution is 5.84. The van der Waals surface area contributed by atoms with E-state index in [0.29, 0.717) is 12.3 Å². The zero-order valence-corrected chi connectivity index (χ0v) is 19.5. The second-order valence-electron chi connectivity index (χ2n) is 10.1. The summed E-state index contributed by atoms with van der Waals surface area (Å²) < 4.78 is 0. The van der Waals surface area contributed by atoms with Crippen molar-refractivity contribution >= 4 is 11.0 Å². The van der Waals surface area contributed by atoms with E-state index in [4.69, 9.17) is 0 Å². The zero-order valence-electron chi connectivity index (χ0n) is 19.5. The normalized spacial score (nSPS) is 12.8. The van der Waals surface area contributed by atoms with Crippen LogP contribution in [0.5, 0.6) is 5.75 Å². The molecule has 0 atom stereocenters. The number of H-pyrrole nitrogens is 1. The average Bonchev–Trinajstić information content (AvgIpc) is 3.12. The third-order valence-corrected chi connectivity index (χ3v) is 5.87. The summed E-state index contributed by atoms with van der Waals surface area (Å²) in [7, 11) is 0. The molecule has 1 heterocycles. The van der Waals surface area contributed by atoms with E-state index in [1.54, 1.807) is 0 Å². The Bertz CT molecular complexity index is 1010. The second kappa shape index (κ2) is 8.38. The number of hydrogen-bond acceptors (Lipinski definition) is 4. The lowest BCUT2D eigenvalue weighted by atomic mass is 9.69. The van der Waals surface area contributed by atoms with Crippen LogP contribution in [0.15, 0.2) is 30.3 Å². The summed E-state index contributed by atoms with van der Waals surface area (Å²) in [4.78, 5) is 2.34. The third kappa shape index (κ3) is 4.67. The molecule has 30 heavy (non-hydrogen) atoms. The molecule has 0 aliphatic carbocycles. The van der Waals surface area contributed by atoms with E-state index in [2.05, 4.69) is 87.0 Å². The number of benzene rings is 2. The first-order chi connectivity index (χ1) is 14.1. The van der Waals surface area contributed by atoms with Crippen LogP contribution in [-0.2, 0) is 12.0 Å². The highest BCUT2D eigenvalue weighted by Gasteiger charge is 2.31. The molecule has 0 radical (unpaired) electrons. The average molecular weight is 409 g/mol. The Kier molecular flexibility index (Phi) is 6.23. The maximum atomic E-state index is 10.9. The molecule has 2 aromatic carbocycles. The lowest BCUT2D eigenvalue weighted by molar-refractivity contribution is 0.281. The molecule has 1 aromatic heterocycles. The van der Waals surface area contributed by atoms with Crippen molar-refractivity contribution in [2.45, 2.75) is 66.8 Å². The van der Waals surface area contributed by atoms with Gasteiger partial charge in [0.05, 0.1) is 0 Å². The van der Waals surface area contributed by atoms with Crippen molar-refractivity contribution in [2.24, 2.45) is 5.41 Å². The third-order valence-electron chi connectivity index (χ3n) is 5.87. The predicted octanol–water partition coefficient (Wildman–Crippen LogP) is 5.89. The summed E-state index contributed by atoms with van der Waals surface area (Å²) >= 11 is 0. The van der Waals surface area contributed by atoms with Crippen molar-refractivity contribution in [2.75, 3.05) is 13.1 Å². The van der Waals surface area contributed by atoms with Crippen LogP contribution in [0.2, 0.25) is 0 Å². The molecule has 0 amide bonds. The van der Waals surface area contributed by atoms with Gasteiger partial charge in [-0.3, -0.25) is 4.90 Å². The maximum absolute atomic E-state index is 10.9. The van der Waals surface area contributed by atoms with Crippen LogP contribution < -0.4 is 0 Å². The van der Waals surface area contributed by atoms with E-state index >= 15 is 0 Å². The number of phenols is 1. The van der Waals surface area contributed by atoms with Crippen LogP contribution in [0.4, 0.5) is 0 Å². The molecule has 5 nitrogen and oxygen atoms in total. The summed E-state index contributed by atoms with van der Waals surface area (Å²) in [6.45, 7) is 18.4. The van der Waals surface area contributed by atoms with E-state index in [1.165, 1.54) is 5.56 Å². The van der Waals surface area contributed by atoms with Crippen LogP contribution in [0, 0.1) is 5.41 Å². The Labute approximate surface area is 180 Å². The largest absolute Gasteiger partial charge is 0.508 e. The van der Waals surface area contributed by atoms with Crippen LogP contribution in [-0.4, -0.2) is 38.5 Å². The quantitative estimate of drug-likeness (QED) is 0.512. The molecule has 5 heteroatoms. The predicted molar refractivity (Wildman–Crippen MR) is 125 cm³/mol. The Morgan fingerprint density at radius 2 is 1.60 bits per heavy atom. The van der Waals surface area contributed by atoms with Gasteiger partial charge in [-0.15, -0.1) is 0 Å². The monoisotopic (exact) mass is 408 g/mol. The summed E-state index contributed by atoms with van der Waals surface area (Å²) in [5.74, 6) is 0.354. The van der Waals surface area contributed by atoms with Crippen molar-refractivity contribution in [1.82, 2.24) is 20.3 Å². The van der Waals surface area contributed by atoms with Gasteiger partial charge in [0, 0.05) is 12.1 Å². The number of aromatic nitrogens is 3. The lowest BCUT2D eigenvalue weighted by Gasteiger charge is -2.36. The number of hydrogen-bond donors (Lipinski definition) is 2. The maximum Gasteiger partial charge on any atom is 0.120 e. The minimum absolute atomic E-state index is 0.0575. The first-order valence-corrected chi connectivity index (χ1v) is 10.9. The van der Waals surface area contributed by atoms with E-state index < -0.39 is 0 Å². The summed E-state index contributed by atoms with van der Waals surface area (Å²) in [5, 5.41) is 22.1. The molecule has 3 rings (SSSR count). The first-order valence-electron chi connectivity index (χ1n) is 10.9. The van der Waals surface area contributed by atoms with Gasteiger partial charge in [0.15, 0.2) is 0 Å². The van der Waals surface area contributed by atoms with Gasteiger partial charge < -0.3 is 5.11 Å². The van der Waals surface area contributed by atoms with Crippen LogP contribution in [0.25, 0.3) is 22.2 Å². The molecule has 0 aliphatic rings. The standard InChI is InChI=1S/C25H36N4O/c1-8-29(9-2)15-18-22(30)13-11-19(25(6,7)16-24(3,4)5)23(18)17-10-12-20-21(14-17)27-28-26-20/h10-14,30H,8-9,15-16H2,1-7H3,(H,26,27,28). The molecule has 162 valence electrons. The SMILES string of the molecule is CCN(CC)Cc1c(O)ccc(C(C)(C)CC(C)(C)C)c1-c1ccc2n[nH]nc2c1. The molecule has 0 spiro atoms. The van der Waals surface area contributed by atoms with Crippen molar-refractivity contribution in [3.05, 3.63) is 41.5 Å². The van der Waals surface area contributed by atoms with Gasteiger partial charge in [0.25, 0.3) is 0 Å². The van der Waals surface area contributed by atoms with Gasteiger partial charge in [-0.05, 0) is 65.2 Å². The molecule has 0 bridgehead atoms. The molecule has 0 saturated carbocycles. The van der Waals surface area contributed by atoms with Gasteiger partial charge in [0.1, 0.15) is 16.8 Å². The van der Waals surface area contributed by atoms with E-state index in [-0.39, 0.29) is 10.8 Å². The molecule has 0 saturated heterocycles. The number of rotatable bonds is 7. The van der Waals surface area contributed by atoms with E-state index in [1.807, 2.05) is 12.1 Å². The van der Waals surface area contributed by atoms with Gasteiger partial charge in [-0.25, -0.2) is 0 Å². The van der Waals surface area contributed by atoms with E-state index in [0.717, 1.165) is 47.2 Å². The Morgan fingerprint density at radius 1 is 0.933 bits per heavy atom. The number of phenolic OH excluding ortho intramolecular Hbond substituents is 1. The fourth-order valence-corrected chi connectivity index (χ4v) is 4.78. The van der Waals surface area contributed by atoms with Crippen molar-refractivity contribution in [3.63, 3.8) is 0 Å². The second-order valence-corrected chi connectivity index (χ2v) is 10.1. The number of nitrogens with zero attached hydrogens (tertiary/aromatic N) is 3. The molecule has 0 aliphatic heterocycles. The summed E-state index contributed by atoms with van der Waals surface area (Å²) in [6.07, 6.45) is 1.04. The van der Waals surface area contributed by atoms with Gasteiger partial charge in [-0.1, -0.05) is 60.6 Å². The fraction of sp³-hybridized carbons (Fsp3) is 0.520. The zero-order chi connectivity index (χ0) is 22.1. The molecular weight excluding hydrogens is 372 g/mol. The van der Waals surface area contributed by atoms with Crippen LogP contribution in [0.1, 0.15) is 66.0 Å². The number of aromatic amines is 1. The minimum Gasteiger partial charge on any atom is -0.508 e. The highest BCUT2D eigenvalue weighted by Crippen LogP contribution is 2.44. The van der Waals surface area contributed by atoms with E-state index in [9.17, 15) is 5.11 Å². The van der Waals surface area contributed by atoms with Crippen molar-refractivity contribution in [1.29, 1.82) is 0 Å². The number of aromatic hydroxyl groups is 1. The number of fused-ring (bicyclic) bond motifs is 1. The van der Waals surface area contributed by atoms with Crippen LogP contribution in [0.3, 0.4) is 0 Å². The Hall–Kier alpha value is -2.40. The van der Waals surface area contributed by atoms with Crippen LogP contribution >= 0.6 is 0 Å². The highest BCUT2D eigenvalue weighted by atomic mass is 16.3. The fourth-order valence-electron chi connectivity index (χ4n) is 4.78. The Balaban J connectivity index is 2.26. The molecular formula is C25H36N4O. The smallest absolute Gasteiger partial charge is 0.120 e. The molecule has 0 unspecified atom stereocenters. The first kappa shape index (κ1) is 22.3. The summed E-state index contributed by atoms with van der Waals surface area (Å²) in [5.41, 5.74) is 6.27. The van der Waals surface area contributed by atoms with Gasteiger partial charge in [0.2, 0.25) is 0 Å². The van der Waals surface area contributed by atoms with Crippen molar-refractivity contribution < 1.29 is 5.11 Å². The molecule has 0 fully saturated rings. The van der Waals surface area contributed by atoms with Crippen molar-refractivity contribution in [3.8, 4) is 16.9 Å². The van der Waals surface area contributed by atoms with Gasteiger partial charge in [-0.2, -0.15) is 15.4 Å². The number of nitrogens with one attached hydrogen (secondary N) is 1. The molecule has 2 N–H and O–H groups in total. The minimum atomic E-state index is -0.0575.